The summed E-state index contributed by atoms with van der Waals surface area (Å²) in [5.74, 6) is 1.91. The normalized spacial score (nSPS) is 15.3. The van der Waals surface area contributed by atoms with E-state index in [2.05, 4.69) is 20.8 Å². The Hall–Kier alpha value is 0.320. The minimum absolute atomic E-state index is 0.521. The summed E-state index contributed by atoms with van der Waals surface area (Å²) in [4.78, 5) is 0. The van der Waals surface area contributed by atoms with E-state index in [0.29, 0.717) is 17.7 Å². The molecule has 0 unspecified atom stereocenters. The Labute approximate surface area is 85.9 Å². The van der Waals surface area contributed by atoms with Crippen molar-refractivity contribution in [3.8, 4) is 0 Å². The first-order valence-electron chi connectivity index (χ1n) is 4.52. The zero-order chi connectivity index (χ0) is 9.56. The highest BCUT2D eigenvalue weighted by Crippen LogP contribution is 2.24. The standard InChI is InChI=1S/C10H18Cl2/c1-4-9(8(2)3)7-10(12)5-6-11/h5,8-9H,4,6-7H2,1-3H3/b10-5+/t9-/m0/s1. The Morgan fingerprint density at radius 1 is 1.42 bits per heavy atom. The Morgan fingerprint density at radius 2 is 2.00 bits per heavy atom. The third-order valence-corrected chi connectivity index (χ3v) is 2.69. The van der Waals surface area contributed by atoms with Crippen molar-refractivity contribution in [1.82, 2.24) is 0 Å². The second kappa shape index (κ2) is 6.80. The largest absolute Gasteiger partial charge is 0.122 e. The fraction of sp³-hybridized carbons (Fsp3) is 0.800. The molecule has 0 aromatic heterocycles. The SMILES string of the molecule is CC[C@@H](C/C(Cl)=C\CCl)C(C)C. The summed E-state index contributed by atoms with van der Waals surface area (Å²) in [6, 6.07) is 0. The molecule has 0 bridgehead atoms. The third-order valence-electron chi connectivity index (χ3n) is 2.22. The third kappa shape index (κ3) is 5.05. The summed E-state index contributed by atoms with van der Waals surface area (Å²) in [6.45, 7) is 6.67. The van der Waals surface area contributed by atoms with E-state index in [1.54, 1.807) is 0 Å². The van der Waals surface area contributed by atoms with E-state index >= 15 is 0 Å². The van der Waals surface area contributed by atoms with Gasteiger partial charge in [0.2, 0.25) is 0 Å². The Kier molecular flexibility index (Phi) is 6.98. The molecule has 0 N–H and O–H groups in total. The summed E-state index contributed by atoms with van der Waals surface area (Å²) in [6.07, 6.45) is 4.04. The van der Waals surface area contributed by atoms with Crippen molar-refractivity contribution in [3.63, 3.8) is 0 Å². The van der Waals surface area contributed by atoms with Crippen LogP contribution >= 0.6 is 23.2 Å². The van der Waals surface area contributed by atoms with Gasteiger partial charge in [-0.25, -0.2) is 0 Å². The zero-order valence-electron chi connectivity index (χ0n) is 8.11. The monoisotopic (exact) mass is 208 g/mol. The highest BCUT2D eigenvalue weighted by atomic mass is 35.5. The van der Waals surface area contributed by atoms with Gasteiger partial charge in [-0.1, -0.05) is 44.9 Å². The maximum atomic E-state index is 5.98. The summed E-state index contributed by atoms with van der Waals surface area (Å²) in [7, 11) is 0. The lowest BCUT2D eigenvalue weighted by Gasteiger charge is -2.18. The van der Waals surface area contributed by atoms with Gasteiger partial charge in [0.25, 0.3) is 0 Å². The number of rotatable bonds is 5. The molecular weight excluding hydrogens is 191 g/mol. The second-order valence-corrected chi connectivity index (χ2v) is 4.22. The van der Waals surface area contributed by atoms with E-state index in [0.717, 1.165) is 11.5 Å². The van der Waals surface area contributed by atoms with Crippen molar-refractivity contribution in [2.75, 3.05) is 5.88 Å². The molecule has 0 rings (SSSR count). The van der Waals surface area contributed by atoms with Crippen LogP contribution in [0.2, 0.25) is 0 Å². The van der Waals surface area contributed by atoms with Crippen molar-refractivity contribution in [2.24, 2.45) is 11.8 Å². The Morgan fingerprint density at radius 3 is 2.33 bits per heavy atom. The number of allylic oxidation sites excluding steroid dienone is 2. The van der Waals surface area contributed by atoms with Gasteiger partial charge < -0.3 is 0 Å². The van der Waals surface area contributed by atoms with E-state index < -0.39 is 0 Å². The molecule has 0 heterocycles. The van der Waals surface area contributed by atoms with Crippen LogP contribution in [-0.2, 0) is 0 Å². The lowest BCUT2D eigenvalue weighted by atomic mass is 9.90. The van der Waals surface area contributed by atoms with Gasteiger partial charge in [-0.05, 0) is 18.3 Å². The molecule has 0 amide bonds. The maximum absolute atomic E-state index is 5.98. The Balaban J connectivity index is 3.93. The number of alkyl halides is 1. The van der Waals surface area contributed by atoms with E-state index in [1.165, 1.54) is 6.42 Å². The van der Waals surface area contributed by atoms with Crippen molar-refractivity contribution in [1.29, 1.82) is 0 Å². The molecule has 0 saturated carbocycles. The number of hydrogen-bond acceptors (Lipinski definition) is 0. The molecule has 72 valence electrons. The highest BCUT2D eigenvalue weighted by Gasteiger charge is 2.11. The quantitative estimate of drug-likeness (QED) is 0.588. The molecule has 0 aliphatic rings. The fourth-order valence-electron chi connectivity index (χ4n) is 1.27. The molecule has 0 fully saturated rings. The summed E-state index contributed by atoms with van der Waals surface area (Å²) < 4.78 is 0. The molecule has 0 aromatic carbocycles. The summed E-state index contributed by atoms with van der Waals surface area (Å²) in [5, 5.41) is 0.908. The molecule has 0 nitrogen and oxygen atoms in total. The first kappa shape index (κ1) is 12.3. The van der Waals surface area contributed by atoms with Crippen LogP contribution in [0.3, 0.4) is 0 Å². The number of halogens is 2. The first-order valence-corrected chi connectivity index (χ1v) is 5.43. The molecule has 0 aliphatic heterocycles. The van der Waals surface area contributed by atoms with E-state index in [4.69, 9.17) is 23.2 Å². The summed E-state index contributed by atoms with van der Waals surface area (Å²) in [5.41, 5.74) is 0. The predicted molar refractivity (Wildman–Crippen MR) is 57.9 cm³/mol. The minimum Gasteiger partial charge on any atom is -0.122 e. The zero-order valence-corrected chi connectivity index (χ0v) is 9.62. The van der Waals surface area contributed by atoms with E-state index in [-0.39, 0.29) is 0 Å². The van der Waals surface area contributed by atoms with E-state index in [1.807, 2.05) is 6.08 Å². The van der Waals surface area contributed by atoms with Crippen LogP contribution in [0.15, 0.2) is 11.1 Å². The number of hydrogen-bond donors (Lipinski definition) is 0. The molecule has 0 aromatic rings. The van der Waals surface area contributed by atoms with Gasteiger partial charge >= 0.3 is 0 Å². The lowest BCUT2D eigenvalue weighted by molar-refractivity contribution is 0.374. The molecule has 0 aliphatic carbocycles. The predicted octanol–water partition coefficient (Wildman–Crippen LogP) is 4.42. The van der Waals surface area contributed by atoms with Gasteiger partial charge in [-0.2, -0.15) is 0 Å². The topological polar surface area (TPSA) is 0 Å². The molecule has 1 atom stereocenters. The van der Waals surface area contributed by atoms with Crippen molar-refractivity contribution < 1.29 is 0 Å². The average molecular weight is 209 g/mol. The van der Waals surface area contributed by atoms with Gasteiger partial charge in [0.1, 0.15) is 0 Å². The minimum atomic E-state index is 0.521. The van der Waals surface area contributed by atoms with Crippen LogP contribution in [0.5, 0.6) is 0 Å². The Bertz CT molecular complexity index is 139. The fourth-order valence-corrected chi connectivity index (χ4v) is 1.81. The lowest BCUT2D eigenvalue weighted by Crippen LogP contribution is -2.07. The highest BCUT2D eigenvalue weighted by molar-refractivity contribution is 6.30. The van der Waals surface area contributed by atoms with Crippen LogP contribution in [0.4, 0.5) is 0 Å². The molecule has 0 saturated heterocycles. The average Bonchev–Trinajstić information content (AvgIpc) is 2.00. The first-order chi connectivity index (χ1) is 5.61. The van der Waals surface area contributed by atoms with Crippen molar-refractivity contribution >= 4 is 23.2 Å². The van der Waals surface area contributed by atoms with Gasteiger partial charge in [0, 0.05) is 10.9 Å². The van der Waals surface area contributed by atoms with Crippen LogP contribution in [-0.4, -0.2) is 5.88 Å². The van der Waals surface area contributed by atoms with Crippen LogP contribution < -0.4 is 0 Å². The van der Waals surface area contributed by atoms with Gasteiger partial charge in [0.05, 0.1) is 0 Å². The van der Waals surface area contributed by atoms with Gasteiger partial charge in [-0.3, -0.25) is 0 Å². The van der Waals surface area contributed by atoms with Crippen molar-refractivity contribution in [2.45, 2.75) is 33.6 Å². The smallest absolute Gasteiger partial charge is 0.0418 e. The molecular formula is C10H18Cl2. The van der Waals surface area contributed by atoms with Gasteiger partial charge in [-0.15, -0.1) is 11.6 Å². The molecule has 0 spiro atoms. The molecule has 2 heteroatoms. The van der Waals surface area contributed by atoms with E-state index in [9.17, 15) is 0 Å². The molecule has 0 radical (unpaired) electrons. The van der Waals surface area contributed by atoms with Gasteiger partial charge in [0.15, 0.2) is 0 Å². The molecule has 12 heavy (non-hydrogen) atoms. The summed E-state index contributed by atoms with van der Waals surface area (Å²) >= 11 is 11.5. The van der Waals surface area contributed by atoms with Crippen LogP contribution in [0.1, 0.15) is 33.6 Å². The van der Waals surface area contributed by atoms with Crippen LogP contribution in [0, 0.1) is 11.8 Å². The second-order valence-electron chi connectivity index (χ2n) is 3.42. The van der Waals surface area contributed by atoms with Crippen LogP contribution in [0.25, 0.3) is 0 Å². The van der Waals surface area contributed by atoms with Crippen molar-refractivity contribution in [3.05, 3.63) is 11.1 Å². The maximum Gasteiger partial charge on any atom is 0.0418 e.